The second kappa shape index (κ2) is 10.9. The average Bonchev–Trinajstić information content (AvgIpc) is 2.40. The van der Waals surface area contributed by atoms with Crippen molar-refractivity contribution in [3.05, 3.63) is 35.1 Å². The fraction of sp³-hybridized carbons (Fsp3) is 0.533. The van der Waals surface area contributed by atoms with E-state index in [4.69, 9.17) is 0 Å². The Balaban J connectivity index is 0.00000361. The van der Waals surface area contributed by atoms with Gasteiger partial charge in [0.25, 0.3) is 0 Å². The lowest BCUT2D eigenvalue weighted by atomic mass is 10.1. The summed E-state index contributed by atoms with van der Waals surface area (Å²) >= 11 is 0. The standard InChI is InChI=1S/C15H24FN3.HI/c1-4-6-9-18-15(17-5-2)19-11-13-7-8-14(16)12(3)10-13;/h7-8,10H,4-6,9,11H2,1-3H3,(H2,17,18,19);1H. The quantitative estimate of drug-likeness (QED) is 0.335. The van der Waals surface area contributed by atoms with Crippen LogP contribution in [0.2, 0.25) is 0 Å². The molecule has 0 aliphatic heterocycles. The summed E-state index contributed by atoms with van der Waals surface area (Å²) in [4.78, 5) is 4.50. The van der Waals surface area contributed by atoms with Crippen molar-refractivity contribution in [1.82, 2.24) is 10.6 Å². The zero-order valence-corrected chi connectivity index (χ0v) is 14.8. The molecule has 20 heavy (non-hydrogen) atoms. The molecule has 0 heterocycles. The number of unbranched alkanes of at least 4 members (excludes halogenated alkanes) is 1. The number of aliphatic imine (C=N–C) groups is 1. The number of halogens is 2. The summed E-state index contributed by atoms with van der Waals surface area (Å²) in [7, 11) is 0. The third kappa shape index (κ3) is 7.07. The monoisotopic (exact) mass is 393 g/mol. The molecule has 0 saturated heterocycles. The summed E-state index contributed by atoms with van der Waals surface area (Å²) < 4.78 is 13.2. The molecule has 0 aliphatic rings. The van der Waals surface area contributed by atoms with Crippen molar-refractivity contribution < 1.29 is 4.39 Å². The van der Waals surface area contributed by atoms with Crippen LogP contribution in [0.5, 0.6) is 0 Å². The van der Waals surface area contributed by atoms with Gasteiger partial charge in [0.15, 0.2) is 5.96 Å². The maximum absolute atomic E-state index is 13.2. The van der Waals surface area contributed by atoms with E-state index in [1.54, 1.807) is 13.0 Å². The van der Waals surface area contributed by atoms with Gasteiger partial charge in [-0.1, -0.05) is 25.5 Å². The van der Waals surface area contributed by atoms with Gasteiger partial charge >= 0.3 is 0 Å². The molecular weight excluding hydrogens is 368 g/mol. The van der Waals surface area contributed by atoms with Crippen molar-refractivity contribution >= 4 is 29.9 Å². The number of nitrogens with zero attached hydrogens (tertiary/aromatic N) is 1. The first-order valence-corrected chi connectivity index (χ1v) is 6.94. The number of aryl methyl sites for hydroxylation is 1. The van der Waals surface area contributed by atoms with Crippen molar-refractivity contribution in [3.8, 4) is 0 Å². The molecule has 0 bridgehead atoms. The van der Waals surface area contributed by atoms with E-state index in [9.17, 15) is 4.39 Å². The van der Waals surface area contributed by atoms with E-state index in [2.05, 4.69) is 22.5 Å². The van der Waals surface area contributed by atoms with Gasteiger partial charge in [0.05, 0.1) is 6.54 Å². The van der Waals surface area contributed by atoms with Crippen LogP contribution in [-0.4, -0.2) is 19.0 Å². The summed E-state index contributed by atoms with van der Waals surface area (Å²) in [6.07, 6.45) is 2.28. The minimum absolute atomic E-state index is 0. The molecule has 5 heteroatoms. The highest BCUT2D eigenvalue weighted by Gasteiger charge is 2.00. The van der Waals surface area contributed by atoms with E-state index in [1.807, 2.05) is 13.0 Å². The van der Waals surface area contributed by atoms with Crippen molar-refractivity contribution in [3.63, 3.8) is 0 Å². The van der Waals surface area contributed by atoms with Crippen LogP contribution in [0, 0.1) is 12.7 Å². The van der Waals surface area contributed by atoms with Crippen LogP contribution in [0.1, 0.15) is 37.8 Å². The van der Waals surface area contributed by atoms with Crippen LogP contribution in [0.15, 0.2) is 23.2 Å². The Hall–Kier alpha value is -0.850. The van der Waals surface area contributed by atoms with Crippen molar-refractivity contribution in [2.75, 3.05) is 13.1 Å². The SMILES string of the molecule is CCCCNC(=NCc1ccc(F)c(C)c1)NCC.I. The number of guanidine groups is 1. The molecule has 1 rings (SSSR count). The van der Waals surface area contributed by atoms with Crippen LogP contribution in [0.3, 0.4) is 0 Å². The van der Waals surface area contributed by atoms with Crippen molar-refractivity contribution in [2.45, 2.75) is 40.2 Å². The topological polar surface area (TPSA) is 36.4 Å². The smallest absolute Gasteiger partial charge is 0.191 e. The lowest BCUT2D eigenvalue weighted by Crippen LogP contribution is -2.37. The van der Waals surface area contributed by atoms with Gasteiger partial charge in [0.2, 0.25) is 0 Å². The number of hydrogen-bond donors (Lipinski definition) is 2. The normalized spacial score (nSPS) is 10.9. The highest BCUT2D eigenvalue weighted by molar-refractivity contribution is 14.0. The predicted octanol–water partition coefficient (Wildman–Crippen LogP) is 3.61. The third-order valence-corrected chi connectivity index (χ3v) is 2.81. The zero-order valence-electron chi connectivity index (χ0n) is 12.5. The fourth-order valence-corrected chi connectivity index (χ4v) is 1.70. The highest BCUT2D eigenvalue weighted by atomic mass is 127. The van der Waals surface area contributed by atoms with Gasteiger partial charge in [0, 0.05) is 13.1 Å². The molecule has 0 saturated carbocycles. The average molecular weight is 393 g/mol. The summed E-state index contributed by atoms with van der Waals surface area (Å²) in [5.74, 6) is 0.652. The Morgan fingerprint density at radius 1 is 1.25 bits per heavy atom. The van der Waals surface area contributed by atoms with Crippen LogP contribution < -0.4 is 10.6 Å². The molecule has 0 spiro atoms. The van der Waals surface area contributed by atoms with E-state index in [-0.39, 0.29) is 29.8 Å². The molecule has 1 aromatic rings. The molecule has 0 radical (unpaired) electrons. The molecule has 3 nitrogen and oxygen atoms in total. The van der Waals surface area contributed by atoms with Crippen molar-refractivity contribution in [2.24, 2.45) is 4.99 Å². The molecule has 0 amide bonds. The van der Waals surface area contributed by atoms with Gasteiger partial charge < -0.3 is 10.6 Å². The lowest BCUT2D eigenvalue weighted by molar-refractivity contribution is 0.617. The Morgan fingerprint density at radius 2 is 2.00 bits per heavy atom. The maximum atomic E-state index is 13.2. The number of benzene rings is 1. The van der Waals surface area contributed by atoms with E-state index in [0.717, 1.165) is 37.5 Å². The van der Waals surface area contributed by atoms with E-state index in [0.29, 0.717) is 12.1 Å². The van der Waals surface area contributed by atoms with Gasteiger partial charge in [0.1, 0.15) is 5.82 Å². The third-order valence-electron chi connectivity index (χ3n) is 2.81. The molecule has 0 aromatic heterocycles. The number of hydrogen-bond acceptors (Lipinski definition) is 1. The summed E-state index contributed by atoms with van der Waals surface area (Å²) in [5.41, 5.74) is 1.68. The first-order valence-electron chi connectivity index (χ1n) is 6.94. The summed E-state index contributed by atoms with van der Waals surface area (Å²) in [6, 6.07) is 5.12. The van der Waals surface area contributed by atoms with Gasteiger partial charge in [-0.15, -0.1) is 24.0 Å². The Morgan fingerprint density at radius 3 is 2.60 bits per heavy atom. The zero-order chi connectivity index (χ0) is 14.1. The van der Waals surface area contributed by atoms with Gasteiger partial charge in [-0.2, -0.15) is 0 Å². The van der Waals surface area contributed by atoms with Gasteiger partial charge in [-0.3, -0.25) is 0 Å². The largest absolute Gasteiger partial charge is 0.357 e. The highest BCUT2D eigenvalue weighted by Crippen LogP contribution is 2.09. The minimum atomic E-state index is -0.166. The van der Waals surface area contributed by atoms with Gasteiger partial charge in [-0.05, 0) is 37.5 Å². The molecule has 0 atom stereocenters. The van der Waals surface area contributed by atoms with Crippen LogP contribution >= 0.6 is 24.0 Å². The Labute approximate surface area is 138 Å². The van der Waals surface area contributed by atoms with Crippen LogP contribution in [0.25, 0.3) is 0 Å². The van der Waals surface area contributed by atoms with E-state index in [1.165, 1.54) is 6.07 Å². The van der Waals surface area contributed by atoms with Crippen molar-refractivity contribution in [1.29, 1.82) is 0 Å². The van der Waals surface area contributed by atoms with Gasteiger partial charge in [-0.25, -0.2) is 9.38 Å². The predicted molar refractivity (Wildman–Crippen MR) is 94.3 cm³/mol. The fourth-order valence-electron chi connectivity index (χ4n) is 1.70. The first-order chi connectivity index (χ1) is 9.17. The van der Waals surface area contributed by atoms with E-state index >= 15 is 0 Å². The maximum Gasteiger partial charge on any atom is 0.191 e. The first kappa shape index (κ1) is 19.1. The molecule has 1 aromatic carbocycles. The summed E-state index contributed by atoms with van der Waals surface area (Å²) in [5, 5.41) is 6.49. The lowest BCUT2D eigenvalue weighted by Gasteiger charge is -2.10. The minimum Gasteiger partial charge on any atom is -0.357 e. The molecule has 114 valence electrons. The molecular formula is C15H25FIN3. The second-order valence-electron chi connectivity index (χ2n) is 4.56. The van der Waals surface area contributed by atoms with Crippen LogP contribution in [-0.2, 0) is 6.54 Å². The van der Waals surface area contributed by atoms with E-state index < -0.39 is 0 Å². The molecule has 0 fully saturated rings. The number of nitrogens with one attached hydrogen (secondary N) is 2. The molecule has 0 unspecified atom stereocenters. The molecule has 0 aliphatic carbocycles. The number of rotatable bonds is 6. The summed E-state index contributed by atoms with van der Waals surface area (Å²) in [6.45, 7) is 8.28. The molecule has 2 N–H and O–H groups in total. The van der Waals surface area contributed by atoms with Crippen LogP contribution in [0.4, 0.5) is 4.39 Å². The Kier molecular flexibility index (Phi) is 10.4. The Bertz CT molecular complexity index is 422. The second-order valence-corrected chi connectivity index (χ2v) is 4.56.